The minimum absolute atomic E-state index is 0.0996. The third-order valence-corrected chi connectivity index (χ3v) is 7.05. The van der Waals surface area contributed by atoms with Crippen LogP contribution in [0.1, 0.15) is 62.9 Å². The molecule has 0 spiro atoms. The van der Waals surface area contributed by atoms with Gasteiger partial charge >= 0.3 is 5.69 Å². The van der Waals surface area contributed by atoms with Crippen LogP contribution in [0, 0.1) is 16.7 Å². The second-order valence-electron chi connectivity index (χ2n) is 9.86. The van der Waals surface area contributed by atoms with E-state index < -0.39 is 17.4 Å². The maximum Gasteiger partial charge on any atom is 0.331 e. The van der Waals surface area contributed by atoms with Crippen LogP contribution in [-0.4, -0.2) is 14.2 Å². The highest BCUT2D eigenvalue weighted by Crippen LogP contribution is 2.59. The smallest absolute Gasteiger partial charge is 0.331 e. The molecule has 5 nitrogen and oxygen atoms in total. The van der Waals surface area contributed by atoms with E-state index in [-0.39, 0.29) is 17.0 Å². The molecule has 0 unspecified atom stereocenters. The molecule has 3 aromatic rings. The fourth-order valence-corrected chi connectivity index (χ4v) is 5.59. The second kappa shape index (κ2) is 8.27. The van der Waals surface area contributed by atoms with Crippen molar-refractivity contribution in [3.8, 4) is 11.9 Å². The first-order valence-electron chi connectivity index (χ1n) is 11.0. The van der Waals surface area contributed by atoms with Crippen LogP contribution < -0.4 is 5.69 Å². The van der Waals surface area contributed by atoms with Gasteiger partial charge in [0.05, 0.1) is 23.7 Å². The predicted molar refractivity (Wildman–Crippen MR) is 131 cm³/mol. The van der Waals surface area contributed by atoms with Crippen LogP contribution >= 0.6 is 23.2 Å². The van der Waals surface area contributed by atoms with Gasteiger partial charge in [-0.05, 0) is 54.2 Å². The lowest BCUT2D eigenvalue weighted by Gasteiger charge is -2.37. The molecule has 7 heteroatoms. The number of aromatic nitrogens is 2. The molecule has 1 aliphatic rings. The van der Waals surface area contributed by atoms with Crippen LogP contribution in [0.5, 0.6) is 5.88 Å². The maximum absolute atomic E-state index is 13.6. The Morgan fingerprint density at radius 1 is 1.12 bits per heavy atom. The fraction of sp³-hybridized carbons (Fsp3) is 0.385. The van der Waals surface area contributed by atoms with Crippen LogP contribution in [0.15, 0.2) is 53.3 Å². The van der Waals surface area contributed by atoms with E-state index in [2.05, 4.69) is 26.8 Å². The molecule has 2 aromatic carbocycles. The number of nitrogens with zero attached hydrogens (tertiary/aromatic N) is 3. The molecule has 4 rings (SSSR count). The third-order valence-electron chi connectivity index (χ3n) is 6.56. The maximum atomic E-state index is 13.6. The number of halogens is 2. The molecule has 0 saturated heterocycles. The summed E-state index contributed by atoms with van der Waals surface area (Å²) in [7, 11) is 0. The summed E-state index contributed by atoms with van der Waals surface area (Å²) >= 11 is 12.5. The van der Waals surface area contributed by atoms with Crippen molar-refractivity contribution in [2.24, 2.45) is 5.41 Å². The van der Waals surface area contributed by atoms with E-state index >= 15 is 0 Å². The molecule has 0 fully saturated rings. The van der Waals surface area contributed by atoms with Crippen LogP contribution in [0.2, 0.25) is 10.0 Å². The number of benzene rings is 2. The number of nitriles is 1. The standard InChI is InChI=1S/C26H27Cl2N3O2/c1-5-30-23(32)22-21(16-7-6-8-19(28)13-16)26(15-29,17-9-11-18(27)12-10-17)20(14-25(2,3)4)31(22)24(30)33/h6-13,20-21,32H,5,14H2,1-4H3/t20-,21+,26+/m1/s1. The SMILES string of the molecule is CCn1c(O)c2n(c1=O)[C@H](CC(C)(C)C)[C@](C#N)(c1ccc(Cl)cc1)[C@H]2c1cccc(Cl)c1. The second-order valence-corrected chi connectivity index (χ2v) is 10.7. The number of hydrogen-bond donors (Lipinski definition) is 1. The Balaban J connectivity index is 2.14. The first-order chi connectivity index (χ1) is 15.5. The summed E-state index contributed by atoms with van der Waals surface area (Å²) in [4.78, 5) is 13.6. The average Bonchev–Trinajstić information content (AvgIpc) is 3.17. The molecule has 1 aromatic heterocycles. The minimum Gasteiger partial charge on any atom is -0.493 e. The Morgan fingerprint density at radius 3 is 2.33 bits per heavy atom. The molecule has 0 saturated carbocycles. The van der Waals surface area contributed by atoms with Gasteiger partial charge in [-0.3, -0.25) is 9.13 Å². The van der Waals surface area contributed by atoms with Gasteiger partial charge in [0, 0.05) is 16.6 Å². The Kier molecular flexibility index (Phi) is 5.88. The molecule has 33 heavy (non-hydrogen) atoms. The summed E-state index contributed by atoms with van der Waals surface area (Å²) in [6.07, 6.45) is 0.556. The van der Waals surface area contributed by atoms with Crippen molar-refractivity contribution in [1.82, 2.24) is 9.13 Å². The van der Waals surface area contributed by atoms with Gasteiger partial charge in [0.25, 0.3) is 0 Å². The number of hydrogen-bond acceptors (Lipinski definition) is 3. The lowest BCUT2D eigenvalue weighted by atomic mass is 9.63. The summed E-state index contributed by atoms with van der Waals surface area (Å²) in [6, 6.07) is 16.6. The Labute approximate surface area is 203 Å². The van der Waals surface area contributed by atoms with Crippen LogP contribution in [0.3, 0.4) is 0 Å². The van der Waals surface area contributed by atoms with Crippen LogP contribution in [-0.2, 0) is 12.0 Å². The number of aromatic hydroxyl groups is 1. The fourth-order valence-electron chi connectivity index (χ4n) is 5.26. The Hall–Kier alpha value is -2.68. The van der Waals surface area contributed by atoms with Crippen molar-refractivity contribution >= 4 is 23.2 Å². The zero-order chi connectivity index (χ0) is 24.1. The van der Waals surface area contributed by atoms with Gasteiger partial charge in [0.2, 0.25) is 5.88 Å². The van der Waals surface area contributed by atoms with E-state index in [1.807, 2.05) is 37.3 Å². The summed E-state index contributed by atoms with van der Waals surface area (Å²) in [5.74, 6) is -0.701. The Bertz CT molecular complexity index is 1300. The topological polar surface area (TPSA) is 70.9 Å². The largest absolute Gasteiger partial charge is 0.493 e. The zero-order valence-corrected chi connectivity index (χ0v) is 20.7. The molecule has 2 heterocycles. The van der Waals surface area contributed by atoms with E-state index in [4.69, 9.17) is 23.2 Å². The quantitative estimate of drug-likeness (QED) is 0.475. The summed E-state index contributed by atoms with van der Waals surface area (Å²) in [5.41, 5.74) is 0.323. The van der Waals surface area contributed by atoms with Gasteiger partial charge in [0.1, 0.15) is 5.41 Å². The zero-order valence-electron chi connectivity index (χ0n) is 19.1. The predicted octanol–water partition coefficient (Wildman–Crippen LogP) is 6.27. The summed E-state index contributed by atoms with van der Waals surface area (Å²) < 4.78 is 3.01. The Morgan fingerprint density at radius 2 is 1.79 bits per heavy atom. The highest BCUT2D eigenvalue weighted by molar-refractivity contribution is 6.30. The lowest BCUT2D eigenvalue weighted by Crippen LogP contribution is -2.40. The molecule has 0 radical (unpaired) electrons. The average molecular weight is 484 g/mol. The third kappa shape index (κ3) is 3.66. The van der Waals surface area contributed by atoms with Crippen molar-refractivity contribution in [3.63, 3.8) is 0 Å². The number of imidazole rings is 1. The molecular formula is C26H27Cl2N3O2. The molecule has 172 valence electrons. The van der Waals surface area contributed by atoms with Crippen molar-refractivity contribution in [2.75, 3.05) is 0 Å². The van der Waals surface area contributed by atoms with E-state index in [9.17, 15) is 15.2 Å². The molecule has 1 aliphatic heterocycles. The first kappa shape index (κ1) is 23.5. The van der Waals surface area contributed by atoms with E-state index in [1.165, 1.54) is 4.57 Å². The van der Waals surface area contributed by atoms with Crippen molar-refractivity contribution in [1.29, 1.82) is 5.26 Å². The van der Waals surface area contributed by atoms with Crippen LogP contribution in [0.25, 0.3) is 0 Å². The van der Waals surface area contributed by atoms with Crippen molar-refractivity contribution in [2.45, 2.75) is 58.0 Å². The monoisotopic (exact) mass is 483 g/mol. The molecule has 1 N–H and O–H groups in total. The van der Waals surface area contributed by atoms with Gasteiger partial charge < -0.3 is 5.11 Å². The molecular weight excluding hydrogens is 457 g/mol. The van der Waals surface area contributed by atoms with E-state index in [1.54, 1.807) is 22.8 Å². The molecule has 0 aliphatic carbocycles. The van der Waals surface area contributed by atoms with Crippen molar-refractivity contribution in [3.05, 3.63) is 85.9 Å². The number of fused-ring (bicyclic) bond motifs is 1. The van der Waals surface area contributed by atoms with Gasteiger partial charge in [-0.15, -0.1) is 0 Å². The summed E-state index contributed by atoms with van der Waals surface area (Å²) in [6.45, 7) is 8.41. The van der Waals surface area contributed by atoms with Gasteiger partial charge in [-0.2, -0.15) is 5.26 Å². The van der Waals surface area contributed by atoms with Crippen molar-refractivity contribution < 1.29 is 5.11 Å². The molecule has 3 atom stereocenters. The van der Waals surface area contributed by atoms with Gasteiger partial charge in [-0.1, -0.05) is 68.2 Å². The summed E-state index contributed by atoms with van der Waals surface area (Å²) in [5, 5.41) is 23.2. The van der Waals surface area contributed by atoms with E-state index in [0.29, 0.717) is 28.7 Å². The highest BCUT2D eigenvalue weighted by atomic mass is 35.5. The number of rotatable bonds is 4. The minimum atomic E-state index is -1.15. The normalized spacial score (nSPS) is 22.2. The first-order valence-corrected chi connectivity index (χ1v) is 11.8. The molecule has 0 amide bonds. The highest BCUT2D eigenvalue weighted by Gasteiger charge is 2.59. The van der Waals surface area contributed by atoms with Gasteiger partial charge in [-0.25, -0.2) is 4.79 Å². The molecule has 0 bridgehead atoms. The van der Waals surface area contributed by atoms with Crippen LogP contribution in [0.4, 0.5) is 0 Å². The van der Waals surface area contributed by atoms with Gasteiger partial charge in [0.15, 0.2) is 0 Å². The lowest BCUT2D eigenvalue weighted by molar-refractivity contribution is 0.239. The van der Waals surface area contributed by atoms with E-state index in [0.717, 1.165) is 11.1 Å².